The van der Waals surface area contributed by atoms with Crippen molar-refractivity contribution in [3.8, 4) is 5.75 Å². The molecule has 1 fully saturated rings. The number of nitrogens with zero attached hydrogens (tertiary/aromatic N) is 1. The van der Waals surface area contributed by atoms with Gasteiger partial charge in [0.15, 0.2) is 6.10 Å². The molecule has 1 saturated heterocycles. The second kappa shape index (κ2) is 5.13. The Morgan fingerprint density at radius 3 is 2.85 bits per heavy atom. The number of piperazine rings is 1. The van der Waals surface area contributed by atoms with E-state index in [4.69, 9.17) is 4.74 Å². The summed E-state index contributed by atoms with van der Waals surface area (Å²) in [6, 6.07) is 5.16. The van der Waals surface area contributed by atoms with Gasteiger partial charge in [0.2, 0.25) is 0 Å². The van der Waals surface area contributed by atoms with E-state index in [1.165, 1.54) is 0 Å². The summed E-state index contributed by atoms with van der Waals surface area (Å²) in [6.07, 6.45) is -0.503. The molecule has 6 heteroatoms. The van der Waals surface area contributed by atoms with Crippen LogP contribution in [0.1, 0.15) is 17.3 Å². The molecule has 0 radical (unpaired) electrons. The predicted octanol–water partition coefficient (Wildman–Crippen LogP) is 0.451. The lowest BCUT2D eigenvalue weighted by Crippen LogP contribution is -2.46. The summed E-state index contributed by atoms with van der Waals surface area (Å²) in [5.74, 6) is 0.403. The van der Waals surface area contributed by atoms with Crippen LogP contribution in [0.2, 0.25) is 0 Å². The SMILES string of the molecule is CC1Oc2ccc(C(=O)N3CCNCC3)cc2NC1=O. The Balaban J connectivity index is 1.83. The summed E-state index contributed by atoms with van der Waals surface area (Å²) in [5.41, 5.74) is 1.14. The van der Waals surface area contributed by atoms with E-state index in [0.29, 0.717) is 30.1 Å². The average molecular weight is 275 g/mol. The van der Waals surface area contributed by atoms with Gasteiger partial charge in [-0.3, -0.25) is 9.59 Å². The third-order valence-electron chi connectivity index (χ3n) is 3.56. The second-order valence-corrected chi connectivity index (χ2v) is 5.00. The van der Waals surface area contributed by atoms with Crippen molar-refractivity contribution in [3.63, 3.8) is 0 Å². The van der Waals surface area contributed by atoms with Crippen LogP contribution in [0.15, 0.2) is 18.2 Å². The van der Waals surface area contributed by atoms with Crippen LogP contribution in [0.5, 0.6) is 5.75 Å². The summed E-state index contributed by atoms with van der Waals surface area (Å²) in [5, 5.41) is 5.97. The molecule has 0 saturated carbocycles. The molecule has 2 aliphatic rings. The smallest absolute Gasteiger partial charge is 0.265 e. The Labute approximate surface area is 117 Å². The maximum atomic E-state index is 12.4. The minimum absolute atomic E-state index is 0.0119. The predicted molar refractivity (Wildman–Crippen MR) is 73.9 cm³/mol. The van der Waals surface area contributed by atoms with Crippen molar-refractivity contribution < 1.29 is 14.3 Å². The number of benzene rings is 1. The highest BCUT2D eigenvalue weighted by Gasteiger charge is 2.25. The first-order valence-corrected chi connectivity index (χ1v) is 6.77. The first kappa shape index (κ1) is 12.9. The van der Waals surface area contributed by atoms with Gasteiger partial charge in [-0.1, -0.05) is 0 Å². The Morgan fingerprint density at radius 2 is 2.10 bits per heavy atom. The quantitative estimate of drug-likeness (QED) is 0.781. The fourth-order valence-corrected chi connectivity index (χ4v) is 2.39. The van der Waals surface area contributed by atoms with Crippen molar-refractivity contribution in [3.05, 3.63) is 23.8 Å². The molecule has 0 spiro atoms. The fourth-order valence-electron chi connectivity index (χ4n) is 2.39. The standard InChI is InChI=1S/C14H17N3O3/c1-9-13(18)16-11-8-10(2-3-12(11)20-9)14(19)17-6-4-15-5-7-17/h2-3,8-9,15H,4-7H2,1H3,(H,16,18). The van der Waals surface area contributed by atoms with Crippen LogP contribution in [-0.2, 0) is 4.79 Å². The number of ether oxygens (including phenoxy) is 1. The summed E-state index contributed by atoms with van der Waals surface area (Å²) < 4.78 is 5.48. The highest BCUT2D eigenvalue weighted by atomic mass is 16.5. The highest BCUT2D eigenvalue weighted by molar-refractivity contribution is 6.00. The minimum Gasteiger partial charge on any atom is -0.479 e. The van der Waals surface area contributed by atoms with Crippen molar-refractivity contribution in [2.75, 3.05) is 31.5 Å². The molecule has 1 aromatic rings. The van der Waals surface area contributed by atoms with E-state index in [0.717, 1.165) is 13.1 Å². The van der Waals surface area contributed by atoms with Crippen molar-refractivity contribution in [2.24, 2.45) is 0 Å². The van der Waals surface area contributed by atoms with E-state index in [1.807, 2.05) is 4.90 Å². The van der Waals surface area contributed by atoms with Crippen LogP contribution < -0.4 is 15.4 Å². The van der Waals surface area contributed by atoms with Gasteiger partial charge in [-0.05, 0) is 25.1 Å². The largest absolute Gasteiger partial charge is 0.479 e. The number of carbonyl (C=O) groups is 2. The Bertz CT molecular complexity index is 553. The minimum atomic E-state index is -0.503. The van der Waals surface area contributed by atoms with E-state index in [9.17, 15) is 9.59 Å². The van der Waals surface area contributed by atoms with Gasteiger partial charge in [-0.2, -0.15) is 0 Å². The molecule has 0 aromatic heterocycles. The van der Waals surface area contributed by atoms with Crippen molar-refractivity contribution in [1.29, 1.82) is 0 Å². The molecule has 2 N–H and O–H groups in total. The third kappa shape index (κ3) is 2.34. The van der Waals surface area contributed by atoms with E-state index >= 15 is 0 Å². The highest BCUT2D eigenvalue weighted by Crippen LogP contribution is 2.30. The van der Waals surface area contributed by atoms with Gasteiger partial charge in [0.25, 0.3) is 11.8 Å². The van der Waals surface area contributed by atoms with Gasteiger partial charge in [0.1, 0.15) is 5.75 Å². The zero-order valence-corrected chi connectivity index (χ0v) is 11.3. The first-order chi connectivity index (χ1) is 9.65. The number of carbonyl (C=O) groups excluding carboxylic acids is 2. The van der Waals surface area contributed by atoms with Crippen LogP contribution >= 0.6 is 0 Å². The maximum absolute atomic E-state index is 12.4. The fraction of sp³-hybridized carbons (Fsp3) is 0.429. The zero-order valence-electron chi connectivity index (χ0n) is 11.3. The number of nitrogens with one attached hydrogen (secondary N) is 2. The Kier molecular flexibility index (Phi) is 3.31. The summed E-state index contributed by atoms with van der Waals surface area (Å²) in [6.45, 7) is 4.73. The summed E-state index contributed by atoms with van der Waals surface area (Å²) in [7, 11) is 0. The number of anilines is 1. The lowest BCUT2D eigenvalue weighted by molar-refractivity contribution is -0.122. The molecular weight excluding hydrogens is 258 g/mol. The first-order valence-electron chi connectivity index (χ1n) is 6.77. The van der Waals surface area contributed by atoms with Crippen LogP contribution in [0.25, 0.3) is 0 Å². The molecule has 6 nitrogen and oxygen atoms in total. The van der Waals surface area contributed by atoms with Crippen molar-refractivity contribution >= 4 is 17.5 Å². The number of hydrogen-bond acceptors (Lipinski definition) is 4. The van der Waals surface area contributed by atoms with Gasteiger partial charge < -0.3 is 20.3 Å². The van der Waals surface area contributed by atoms with Crippen molar-refractivity contribution in [2.45, 2.75) is 13.0 Å². The normalized spacial score (nSPS) is 21.8. The van der Waals surface area contributed by atoms with Crippen LogP contribution in [0.4, 0.5) is 5.69 Å². The van der Waals surface area contributed by atoms with Gasteiger partial charge in [-0.15, -0.1) is 0 Å². The second-order valence-electron chi connectivity index (χ2n) is 5.00. The molecule has 1 atom stereocenters. The lowest BCUT2D eigenvalue weighted by atomic mass is 10.1. The molecule has 20 heavy (non-hydrogen) atoms. The summed E-state index contributed by atoms with van der Waals surface area (Å²) in [4.78, 5) is 25.8. The number of fused-ring (bicyclic) bond motifs is 1. The molecule has 2 amide bonds. The zero-order chi connectivity index (χ0) is 14.1. The molecule has 2 aliphatic heterocycles. The molecule has 2 heterocycles. The monoisotopic (exact) mass is 275 g/mol. The van der Waals surface area contributed by atoms with Crippen LogP contribution in [0.3, 0.4) is 0 Å². The molecule has 106 valence electrons. The molecule has 1 aromatic carbocycles. The van der Waals surface area contributed by atoms with Crippen LogP contribution in [-0.4, -0.2) is 49.0 Å². The van der Waals surface area contributed by atoms with Gasteiger partial charge in [-0.25, -0.2) is 0 Å². The Morgan fingerprint density at radius 1 is 1.35 bits per heavy atom. The number of rotatable bonds is 1. The molecule has 3 rings (SSSR count). The van der Waals surface area contributed by atoms with E-state index in [1.54, 1.807) is 25.1 Å². The molecule has 1 unspecified atom stereocenters. The lowest BCUT2D eigenvalue weighted by Gasteiger charge is -2.28. The maximum Gasteiger partial charge on any atom is 0.265 e. The number of hydrogen-bond donors (Lipinski definition) is 2. The molecular formula is C14H17N3O3. The third-order valence-corrected chi connectivity index (χ3v) is 3.56. The summed E-state index contributed by atoms with van der Waals surface area (Å²) >= 11 is 0. The molecule has 0 bridgehead atoms. The topological polar surface area (TPSA) is 70.7 Å². The van der Waals surface area contributed by atoms with Crippen molar-refractivity contribution in [1.82, 2.24) is 10.2 Å². The van der Waals surface area contributed by atoms with Gasteiger partial charge in [0, 0.05) is 31.7 Å². The van der Waals surface area contributed by atoms with Gasteiger partial charge in [0.05, 0.1) is 5.69 Å². The Hall–Kier alpha value is -2.08. The van der Waals surface area contributed by atoms with E-state index in [2.05, 4.69) is 10.6 Å². The number of amides is 2. The van der Waals surface area contributed by atoms with Crippen LogP contribution in [0, 0.1) is 0 Å². The van der Waals surface area contributed by atoms with Gasteiger partial charge >= 0.3 is 0 Å². The average Bonchev–Trinajstić information content (AvgIpc) is 2.48. The molecule has 0 aliphatic carbocycles. The van der Waals surface area contributed by atoms with E-state index < -0.39 is 6.10 Å². The van der Waals surface area contributed by atoms with E-state index in [-0.39, 0.29) is 11.8 Å².